The van der Waals surface area contributed by atoms with Crippen LogP contribution in [0.1, 0.15) is 10.6 Å². The Morgan fingerprint density at radius 1 is 1.38 bits per heavy atom. The first-order valence-corrected chi connectivity index (χ1v) is 6.91. The third kappa shape index (κ3) is 2.75. The first-order valence-electron chi connectivity index (χ1n) is 6.03. The number of rotatable bonds is 4. The van der Waals surface area contributed by atoms with Crippen molar-refractivity contribution >= 4 is 22.4 Å². The van der Waals surface area contributed by atoms with E-state index < -0.39 is 0 Å². The van der Waals surface area contributed by atoms with Gasteiger partial charge in [0.15, 0.2) is 5.13 Å². The number of thiazole rings is 1. The highest BCUT2D eigenvalue weighted by molar-refractivity contribution is 7.14. The summed E-state index contributed by atoms with van der Waals surface area (Å²) in [6.07, 6.45) is 1.27. The van der Waals surface area contributed by atoms with Gasteiger partial charge in [-0.25, -0.2) is 9.97 Å². The fourth-order valence-corrected chi connectivity index (χ4v) is 2.49. The van der Waals surface area contributed by atoms with E-state index in [-0.39, 0.29) is 11.7 Å². The van der Waals surface area contributed by atoms with Gasteiger partial charge >= 0.3 is 0 Å². The molecule has 8 heteroatoms. The molecule has 1 amide bonds. The lowest BCUT2D eigenvalue weighted by Crippen LogP contribution is -2.13. The van der Waals surface area contributed by atoms with Crippen LogP contribution in [0.15, 0.2) is 36.0 Å². The second-order valence-electron chi connectivity index (χ2n) is 4.03. The number of amides is 1. The van der Waals surface area contributed by atoms with E-state index in [9.17, 15) is 4.79 Å². The molecule has 0 radical (unpaired) electrons. The van der Waals surface area contributed by atoms with Crippen molar-refractivity contribution in [3.05, 3.63) is 41.8 Å². The molecule has 0 atom stereocenters. The van der Waals surface area contributed by atoms with E-state index in [1.807, 2.05) is 29.6 Å². The monoisotopic (exact) mass is 301 g/mol. The lowest BCUT2D eigenvalue weighted by atomic mass is 10.1. The van der Waals surface area contributed by atoms with E-state index in [2.05, 4.69) is 25.5 Å². The third-order valence-corrected chi connectivity index (χ3v) is 3.50. The number of methoxy groups -OCH3 is 1. The zero-order valence-electron chi connectivity index (χ0n) is 11.0. The van der Waals surface area contributed by atoms with Crippen LogP contribution in [0.4, 0.5) is 5.13 Å². The molecule has 0 bridgehead atoms. The molecule has 2 N–H and O–H groups in total. The molecule has 0 aliphatic carbocycles. The highest BCUT2D eigenvalue weighted by Gasteiger charge is 2.13. The Labute approximate surface area is 124 Å². The van der Waals surface area contributed by atoms with Crippen LogP contribution in [-0.2, 0) is 0 Å². The lowest BCUT2D eigenvalue weighted by Gasteiger charge is -2.04. The van der Waals surface area contributed by atoms with Crippen molar-refractivity contribution in [3.8, 4) is 17.0 Å². The largest absolute Gasteiger partial charge is 0.496 e. The topological polar surface area (TPSA) is 92.8 Å². The summed E-state index contributed by atoms with van der Waals surface area (Å²) in [6.45, 7) is 0. The normalized spacial score (nSPS) is 10.3. The molecule has 2 heterocycles. The SMILES string of the molecule is COc1ccccc1-c1csc(NC(=O)c2ncn[nH]2)n1. The van der Waals surface area contributed by atoms with Crippen LogP contribution in [0.25, 0.3) is 11.3 Å². The van der Waals surface area contributed by atoms with Crippen molar-refractivity contribution in [1.29, 1.82) is 0 Å². The van der Waals surface area contributed by atoms with E-state index in [0.717, 1.165) is 17.0 Å². The average Bonchev–Trinajstić information content (AvgIpc) is 3.18. The van der Waals surface area contributed by atoms with E-state index in [1.54, 1.807) is 7.11 Å². The minimum absolute atomic E-state index is 0.143. The van der Waals surface area contributed by atoms with Gasteiger partial charge < -0.3 is 4.74 Å². The molecule has 7 nitrogen and oxygen atoms in total. The van der Waals surface area contributed by atoms with Crippen LogP contribution in [0.5, 0.6) is 5.75 Å². The summed E-state index contributed by atoms with van der Waals surface area (Å²) in [7, 11) is 1.61. The summed E-state index contributed by atoms with van der Waals surface area (Å²) in [5.74, 6) is 0.494. The Morgan fingerprint density at radius 3 is 3.00 bits per heavy atom. The van der Waals surface area contributed by atoms with Gasteiger partial charge in [0.1, 0.15) is 12.1 Å². The predicted octanol–water partition coefficient (Wildman–Crippen LogP) is 2.19. The minimum Gasteiger partial charge on any atom is -0.496 e. The van der Waals surface area contributed by atoms with Gasteiger partial charge in [0, 0.05) is 10.9 Å². The number of carbonyl (C=O) groups excluding carboxylic acids is 1. The number of H-pyrrole nitrogens is 1. The maximum absolute atomic E-state index is 11.8. The lowest BCUT2D eigenvalue weighted by molar-refractivity contribution is 0.101. The molecular formula is C13H11N5O2S. The van der Waals surface area contributed by atoms with Crippen molar-refractivity contribution in [3.63, 3.8) is 0 Å². The standard InChI is InChI=1S/C13H11N5O2S/c1-20-10-5-3-2-4-8(10)9-6-21-13(16-9)17-12(19)11-14-7-15-18-11/h2-7H,1H3,(H,14,15,18)(H,16,17,19). The van der Waals surface area contributed by atoms with Gasteiger partial charge in [0.2, 0.25) is 5.82 Å². The summed E-state index contributed by atoms with van der Waals surface area (Å²) in [5, 5.41) is 11.1. The highest BCUT2D eigenvalue weighted by atomic mass is 32.1. The first-order chi connectivity index (χ1) is 10.3. The van der Waals surface area contributed by atoms with Gasteiger partial charge in [-0.15, -0.1) is 11.3 Å². The second kappa shape index (κ2) is 5.71. The van der Waals surface area contributed by atoms with E-state index in [4.69, 9.17) is 4.74 Å². The fourth-order valence-electron chi connectivity index (χ4n) is 1.78. The summed E-state index contributed by atoms with van der Waals surface area (Å²) in [5.41, 5.74) is 1.61. The molecule has 1 aromatic carbocycles. The van der Waals surface area contributed by atoms with Gasteiger partial charge in [-0.1, -0.05) is 12.1 Å². The van der Waals surface area contributed by atoms with Crippen LogP contribution in [-0.4, -0.2) is 33.2 Å². The van der Waals surface area contributed by atoms with Crippen LogP contribution in [0.3, 0.4) is 0 Å². The number of hydrogen-bond donors (Lipinski definition) is 2. The van der Waals surface area contributed by atoms with Gasteiger partial charge in [0.25, 0.3) is 5.91 Å². The van der Waals surface area contributed by atoms with Crippen molar-refractivity contribution < 1.29 is 9.53 Å². The number of benzene rings is 1. The van der Waals surface area contributed by atoms with Gasteiger partial charge in [-0.2, -0.15) is 5.10 Å². The number of para-hydroxylation sites is 1. The van der Waals surface area contributed by atoms with Crippen molar-refractivity contribution in [2.24, 2.45) is 0 Å². The van der Waals surface area contributed by atoms with Crippen LogP contribution >= 0.6 is 11.3 Å². The zero-order chi connectivity index (χ0) is 14.7. The second-order valence-corrected chi connectivity index (χ2v) is 4.88. The number of aromatic amines is 1. The maximum Gasteiger partial charge on any atom is 0.294 e. The molecule has 21 heavy (non-hydrogen) atoms. The Hall–Kier alpha value is -2.74. The molecule has 2 aromatic heterocycles. The number of aromatic nitrogens is 4. The Kier molecular flexibility index (Phi) is 3.61. The summed E-state index contributed by atoms with van der Waals surface area (Å²) < 4.78 is 5.30. The third-order valence-electron chi connectivity index (χ3n) is 2.74. The molecule has 0 aliphatic heterocycles. The Morgan fingerprint density at radius 2 is 2.24 bits per heavy atom. The molecule has 0 fully saturated rings. The molecule has 3 rings (SSSR count). The number of hydrogen-bond acceptors (Lipinski definition) is 6. The predicted molar refractivity (Wildman–Crippen MR) is 78.4 cm³/mol. The zero-order valence-corrected chi connectivity index (χ0v) is 11.8. The molecule has 0 spiro atoms. The summed E-state index contributed by atoms with van der Waals surface area (Å²) in [4.78, 5) is 20.0. The number of nitrogens with zero attached hydrogens (tertiary/aromatic N) is 3. The van der Waals surface area contributed by atoms with Crippen LogP contribution in [0.2, 0.25) is 0 Å². The van der Waals surface area contributed by atoms with E-state index in [1.165, 1.54) is 17.7 Å². The van der Waals surface area contributed by atoms with Crippen molar-refractivity contribution in [1.82, 2.24) is 20.2 Å². The number of anilines is 1. The fraction of sp³-hybridized carbons (Fsp3) is 0.0769. The van der Waals surface area contributed by atoms with Crippen LogP contribution < -0.4 is 10.1 Å². The summed E-state index contributed by atoms with van der Waals surface area (Å²) in [6, 6.07) is 7.57. The first kappa shape index (κ1) is 13.3. The molecule has 0 aliphatic rings. The molecule has 0 saturated carbocycles. The number of ether oxygens (including phenoxy) is 1. The van der Waals surface area contributed by atoms with Crippen LogP contribution in [0, 0.1) is 0 Å². The number of nitrogens with one attached hydrogen (secondary N) is 2. The van der Waals surface area contributed by atoms with E-state index >= 15 is 0 Å². The molecule has 0 unspecified atom stereocenters. The Bertz CT molecular complexity index is 754. The van der Waals surface area contributed by atoms with Gasteiger partial charge in [-0.05, 0) is 12.1 Å². The van der Waals surface area contributed by atoms with Gasteiger partial charge in [0.05, 0.1) is 12.8 Å². The van der Waals surface area contributed by atoms with Crippen molar-refractivity contribution in [2.45, 2.75) is 0 Å². The summed E-state index contributed by atoms with van der Waals surface area (Å²) >= 11 is 1.33. The highest BCUT2D eigenvalue weighted by Crippen LogP contribution is 2.31. The molecular weight excluding hydrogens is 290 g/mol. The Balaban J connectivity index is 1.82. The molecule has 3 aromatic rings. The van der Waals surface area contributed by atoms with Gasteiger partial charge in [-0.3, -0.25) is 15.2 Å². The molecule has 106 valence electrons. The van der Waals surface area contributed by atoms with E-state index in [0.29, 0.717) is 5.13 Å². The maximum atomic E-state index is 11.8. The van der Waals surface area contributed by atoms with Crippen molar-refractivity contribution in [2.75, 3.05) is 12.4 Å². The minimum atomic E-state index is -0.381. The quantitative estimate of drug-likeness (QED) is 0.770. The average molecular weight is 301 g/mol. The molecule has 0 saturated heterocycles. The number of carbonyl (C=O) groups is 1. The smallest absolute Gasteiger partial charge is 0.294 e.